The van der Waals surface area contributed by atoms with Crippen molar-refractivity contribution in [2.45, 2.75) is 91.4 Å². The quantitative estimate of drug-likeness (QED) is 0.159. The van der Waals surface area contributed by atoms with Gasteiger partial charge in [0.25, 0.3) is 0 Å². The van der Waals surface area contributed by atoms with Crippen LogP contribution in [0.1, 0.15) is 107 Å². The minimum absolute atomic E-state index is 0.00162. The van der Waals surface area contributed by atoms with Gasteiger partial charge in [-0.15, -0.1) is 0 Å². The molecule has 0 saturated carbocycles. The predicted octanol–water partition coefficient (Wildman–Crippen LogP) is 19.2. The van der Waals surface area contributed by atoms with E-state index in [9.17, 15) is 0 Å². The molecule has 3 heterocycles. The van der Waals surface area contributed by atoms with Gasteiger partial charge < -0.3 is 24.2 Å². The number of aryl methyl sites for hydroxylation is 1. The van der Waals surface area contributed by atoms with Crippen LogP contribution in [0.2, 0.25) is 0 Å². The van der Waals surface area contributed by atoms with Crippen LogP contribution in [0.4, 0.5) is 51.2 Å². The van der Waals surface area contributed by atoms with Gasteiger partial charge in [-0.1, -0.05) is 172 Å². The fourth-order valence-corrected chi connectivity index (χ4v) is 11.5. The number of ether oxygens (including phenoxy) is 2. The van der Waals surface area contributed by atoms with Gasteiger partial charge >= 0.3 is 0 Å². The van der Waals surface area contributed by atoms with Gasteiger partial charge in [-0.25, -0.2) is 0 Å². The molecule has 5 heteroatoms. The number of benzene rings is 9. The molecule has 0 aromatic heterocycles. The number of rotatable bonds is 7. The normalized spacial score (nSPS) is 14.7. The summed E-state index contributed by atoms with van der Waals surface area (Å²) in [6, 6.07) is 72.7. The maximum absolute atomic E-state index is 6.74. The molecule has 0 fully saturated rings. The zero-order chi connectivity index (χ0) is 52.0. The lowest BCUT2D eigenvalue weighted by molar-refractivity contribution is 0.172. The highest BCUT2D eigenvalue weighted by molar-refractivity contribution is 6.00. The molecule has 0 saturated heterocycles. The number of nitrogens with zero attached hydrogens (tertiary/aromatic N) is 3. The average molecular weight is 982 g/mol. The number of hydrogen-bond acceptors (Lipinski definition) is 5. The first-order chi connectivity index (χ1) is 36.0. The third-order valence-electron chi connectivity index (χ3n) is 15.5. The lowest BCUT2D eigenvalue weighted by Crippen LogP contribution is -2.30. The van der Waals surface area contributed by atoms with E-state index in [1.54, 1.807) is 0 Å². The highest BCUT2D eigenvalue weighted by Gasteiger charge is 2.44. The Labute approximate surface area is 444 Å². The summed E-state index contributed by atoms with van der Waals surface area (Å²) < 4.78 is 13.1. The third-order valence-corrected chi connectivity index (χ3v) is 15.5. The first-order valence-corrected chi connectivity index (χ1v) is 26.7. The molecular formula is C70H67N3O2. The van der Waals surface area contributed by atoms with Gasteiger partial charge in [-0.05, 0) is 164 Å². The molecule has 1 unspecified atom stereocenters. The van der Waals surface area contributed by atoms with Crippen LogP contribution < -0.4 is 24.2 Å². The Kier molecular flexibility index (Phi) is 11.6. The van der Waals surface area contributed by atoms with Crippen molar-refractivity contribution in [3.05, 3.63) is 233 Å². The van der Waals surface area contributed by atoms with Gasteiger partial charge in [0, 0.05) is 39.9 Å². The molecule has 374 valence electrons. The van der Waals surface area contributed by atoms with Crippen LogP contribution in [0.25, 0.3) is 22.3 Å². The summed E-state index contributed by atoms with van der Waals surface area (Å²) in [7, 11) is 0. The summed E-state index contributed by atoms with van der Waals surface area (Å²) >= 11 is 0. The molecule has 0 spiro atoms. The Morgan fingerprint density at radius 2 is 0.907 bits per heavy atom. The van der Waals surface area contributed by atoms with Crippen LogP contribution in [0, 0.1) is 6.92 Å². The molecule has 3 aliphatic heterocycles. The van der Waals surface area contributed by atoms with Gasteiger partial charge in [0.2, 0.25) is 0 Å². The minimum atomic E-state index is -0.133. The maximum Gasteiger partial charge on any atom is 0.185 e. The largest absolute Gasteiger partial charge is 0.486 e. The molecule has 5 nitrogen and oxygen atoms in total. The summed E-state index contributed by atoms with van der Waals surface area (Å²) in [6.07, 6.45) is 0. The Morgan fingerprint density at radius 3 is 1.44 bits per heavy atom. The minimum Gasteiger partial charge on any atom is -0.486 e. The Morgan fingerprint density at radius 1 is 0.413 bits per heavy atom. The summed E-state index contributed by atoms with van der Waals surface area (Å²) in [5, 5.41) is 0. The monoisotopic (exact) mass is 982 g/mol. The van der Waals surface area contributed by atoms with E-state index in [0.29, 0.717) is 13.2 Å². The molecular weight excluding hydrogens is 915 g/mol. The van der Waals surface area contributed by atoms with Gasteiger partial charge in [0.1, 0.15) is 13.2 Å². The summed E-state index contributed by atoms with van der Waals surface area (Å²) in [5.74, 6) is 1.43. The standard InChI is InChI=1S/C70H67N3O2/c1-45-39-61-65-62(40-45)73(55-31-29-52(30-32-55)70(8,9)10)66-59(35-36-63-67(66)75-38-37-74-63)64(65)58-34-33-56(71(53-17-13-11-14-18-53)54-19-15-12-16-20-54)44-60(58)72(61)57-42-48(46-21-25-50(26-22-46)68(2,3)4)41-49(43-57)47-23-27-51(28-24-47)69(5,6)7/h11-36,39-44,64H,37-38H2,1-10H3. The molecule has 1 atom stereocenters. The molecule has 75 heavy (non-hydrogen) atoms. The maximum atomic E-state index is 6.74. The number of anilines is 9. The van der Waals surface area contributed by atoms with Crippen molar-refractivity contribution in [2.75, 3.05) is 27.9 Å². The van der Waals surface area contributed by atoms with Crippen LogP contribution in [-0.4, -0.2) is 13.2 Å². The summed E-state index contributed by atoms with van der Waals surface area (Å²) in [4.78, 5) is 7.40. The smallest absolute Gasteiger partial charge is 0.185 e. The van der Waals surface area contributed by atoms with Crippen molar-refractivity contribution in [3.63, 3.8) is 0 Å². The van der Waals surface area contributed by atoms with Crippen molar-refractivity contribution >= 4 is 51.2 Å². The fraction of sp³-hybridized carbons (Fsp3) is 0.229. The molecule has 0 aliphatic carbocycles. The second-order valence-electron chi connectivity index (χ2n) is 23.8. The molecule has 12 rings (SSSR count). The van der Waals surface area contributed by atoms with Gasteiger partial charge in [0.15, 0.2) is 11.5 Å². The van der Waals surface area contributed by atoms with Crippen molar-refractivity contribution in [1.82, 2.24) is 0 Å². The van der Waals surface area contributed by atoms with Crippen LogP contribution in [0.3, 0.4) is 0 Å². The van der Waals surface area contributed by atoms with Crippen LogP contribution >= 0.6 is 0 Å². The van der Waals surface area contributed by atoms with E-state index in [0.717, 1.165) is 79.4 Å². The molecule has 0 N–H and O–H groups in total. The van der Waals surface area contributed by atoms with Gasteiger partial charge in [0.05, 0.1) is 22.7 Å². The molecule has 3 aliphatic rings. The van der Waals surface area contributed by atoms with Crippen LogP contribution in [0.5, 0.6) is 11.5 Å². The van der Waals surface area contributed by atoms with E-state index in [-0.39, 0.29) is 22.2 Å². The predicted molar refractivity (Wildman–Crippen MR) is 314 cm³/mol. The van der Waals surface area contributed by atoms with E-state index in [4.69, 9.17) is 9.47 Å². The molecule has 0 amide bonds. The highest BCUT2D eigenvalue weighted by Crippen LogP contribution is 2.64. The summed E-state index contributed by atoms with van der Waals surface area (Å²) in [5.41, 5.74) is 23.3. The lowest BCUT2D eigenvalue weighted by atomic mass is 9.75. The van der Waals surface area contributed by atoms with Crippen LogP contribution in [-0.2, 0) is 16.2 Å². The molecule has 9 aromatic carbocycles. The number of para-hydroxylation sites is 2. The second-order valence-corrected chi connectivity index (χ2v) is 23.8. The first-order valence-electron chi connectivity index (χ1n) is 26.7. The molecule has 9 aromatic rings. The first kappa shape index (κ1) is 48.0. The van der Waals surface area contributed by atoms with Gasteiger partial charge in [-0.2, -0.15) is 0 Å². The van der Waals surface area contributed by atoms with Crippen molar-refractivity contribution in [2.24, 2.45) is 0 Å². The second kappa shape index (κ2) is 18.1. The van der Waals surface area contributed by atoms with E-state index in [1.807, 2.05) is 0 Å². The van der Waals surface area contributed by atoms with Crippen molar-refractivity contribution < 1.29 is 9.47 Å². The van der Waals surface area contributed by atoms with Crippen LogP contribution in [0.15, 0.2) is 194 Å². The SMILES string of the molecule is Cc1cc2c3c(c1)N(c1ccc(C(C)(C)C)cc1)c1c(ccc4c1OCCO4)C3c1ccc(N(c3ccccc3)c3ccccc3)cc1N2c1cc(-c2ccc(C(C)(C)C)cc2)cc(-c2ccc(C(C)(C)C)cc2)c1. The number of hydrogen-bond donors (Lipinski definition) is 0. The number of fused-ring (bicyclic) bond motifs is 6. The van der Waals surface area contributed by atoms with E-state index >= 15 is 0 Å². The average Bonchev–Trinajstić information content (AvgIpc) is 3.43. The molecule has 0 radical (unpaired) electrons. The Bertz CT molecular complexity index is 3480. The van der Waals surface area contributed by atoms with E-state index in [2.05, 4.69) is 278 Å². The Hall–Kier alpha value is -8.02. The zero-order valence-electron chi connectivity index (χ0n) is 45.1. The van der Waals surface area contributed by atoms with Crippen molar-refractivity contribution in [1.29, 1.82) is 0 Å². The topological polar surface area (TPSA) is 28.2 Å². The summed E-state index contributed by atoms with van der Waals surface area (Å²) in [6.45, 7) is 23.8. The third kappa shape index (κ3) is 8.62. The zero-order valence-corrected chi connectivity index (χ0v) is 45.1. The lowest BCUT2D eigenvalue weighted by Gasteiger charge is -2.46. The van der Waals surface area contributed by atoms with E-state index in [1.165, 1.54) is 44.5 Å². The molecule has 0 bridgehead atoms. The van der Waals surface area contributed by atoms with Crippen molar-refractivity contribution in [3.8, 4) is 33.8 Å². The van der Waals surface area contributed by atoms with E-state index < -0.39 is 0 Å². The fourth-order valence-electron chi connectivity index (χ4n) is 11.5. The highest BCUT2D eigenvalue weighted by atomic mass is 16.6. The Balaban J connectivity index is 1.16. The van der Waals surface area contributed by atoms with Gasteiger partial charge in [-0.3, -0.25) is 0 Å².